The third-order valence-corrected chi connectivity index (χ3v) is 4.02. The van der Waals surface area contributed by atoms with Gasteiger partial charge in [0.2, 0.25) is 0 Å². The maximum Gasteiger partial charge on any atom is 0.293 e. The number of hydrogen-bond acceptors (Lipinski definition) is 6. The Morgan fingerprint density at radius 2 is 2.30 bits per heavy atom. The second-order valence-electron chi connectivity index (χ2n) is 4.69. The number of rotatable bonds is 6. The average Bonchev–Trinajstić information content (AvgIpc) is 2.76. The first-order valence-electron chi connectivity index (χ1n) is 6.57. The van der Waals surface area contributed by atoms with Crippen molar-refractivity contribution in [3.63, 3.8) is 0 Å². The third kappa shape index (κ3) is 3.05. The number of nitrogens with one attached hydrogen (secondary N) is 1. The molecule has 0 fully saturated rings. The van der Waals surface area contributed by atoms with Gasteiger partial charge < -0.3 is 11.1 Å². The van der Waals surface area contributed by atoms with Crippen molar-refractivity contribution in [3.05, 3.63) is 27.3 Å². The number of fused-ring (bicyclic) bond motifs is 1. The minimum Gasteiger partial charge on any atom is -0.375 e. The zero-order valence-electron chi connectivity index (χ0n) is 11.5. The van der Waals surface area contributed by atoms with E-state index in [1.54, 1.807) is 12.1 Å². The SMILES string of the molecule is CCCC(CN)Nc1cc2nc(C)sc2cc1[N+](=O)[O-]. The molecular weight excluding hydrogens is 276 g/mol. The highest BCUT2D eigenvalue weighted by molar-refractivity contribution is 7.18. The Morgan fingerprint density at radius 3 is 2.90 bits per heavy atom. The molecule has 0 spiro atoms. The lowest BCUT2D eigenvalue weighted by atomic mass is 10.1. The third-order valence-electron chi connectivity index (χ3n) is 3.09. The first-order valence-corrected chi connectivity index (χ1v) is 7.39. The number of thiazole rings is 1. The van der Waals surface area contributed by atoms with Crippen LogP contribution in [0.3, 0.4) is 0 Å². The summed E-state index contributed by atoms with van der Waals surface area (Å²) < 4.78 is 0.833. The smallest absolute Gasteiger partial charge is 0.293 e. The van der Waals surface area contributed by atoms with Crippen LogP contribution in [0.25, 0.3) is 10.2 Å². The molecule has 0 saturated carbocycles. The number of hydrogen-bond donors (Lipinski definition) is 2. The molecule has 0 amide bonds. The molecule has 1 aromatic heterocycles. The van der Waals surface area contributed by atoms with Gasteiger partial charge in [0, 0.05) is 18.7 Å². The Kier molecular flexibility index (Phi) is 4.51. The van der Waals surface area contributed by atoms with Gasteiger partial charge in [-0.05, 0) is 19.4 Å². The average molecular weight is 294 g/mol. The van der Waals surface area contributed by atoms with Crippen molar-refractivity contribution in [3.8, 4) is 0 Å². The largest absolute Gasteiger partial charge is 0.375 e. The van der Waals surface area contributed by atoms with E-state index in [0.29, 0.717) is 12.2 Å². The normalized spacial score (nSPS) is 12.6. The summed E-state index contributed by atoms with van der Waals surface area (Å²) >= 11 is 1.46. The van der Waals surface area contributed by atoms with Crippen LogP contribution in [0, 0.1) is 17.0 Å². The first kappa shape index (κ1) is 14.7. The van der Waals surface area contributed by atoms with Crippen molar-refractivity contribution < 1.29 is 4.92 Å². The molecule has 0 bridgehead atoms. The van der Waals surface area contributed by atoms with Crippen LogP contribution in [-0.2, 0) is 0 Å². The van der Waals surface area contributed by atoms with Crippen LogP contribution in [0.1, 0.15) is 24.8 Å². The van der Waals surface area contributed by atoms with Gasteiger partial charge in [0.15, 0.2) is 0 Å². The van der Waals surface area contributed by atoms with Gasteiger partial charge in [-0.25, -0.2) is 4.98 Å². The molecule has 1 unspecified atom stereocenters. The molecule has 20 heavy (non-hydrogen) atoms. The fourth-order valence-corrected chi connectivity index (χ4v) is 3.00. The second-order valence-corrected chi connectivity index (χ2v) is 5.93. The molecule has 0 aliphatic heterocycles. The topological polar surface area (TPSA) is 94.1 Å². The van der Waals surface area contributed by atoms with Gasteiger partial charge in [0.25, 0.3) is 5.69 Å². The zero-order chi connectivity index (χ0) is 14.7. The highest BCUT2D eigenvalue weighted by Gasteiger charge is 2.19. The number of benzene rings is 1. The molecule has 2 aromatic rings. The van der Waals surface area contributed by atoms with Crippen molar-refractivity contribution >= 4 is 32.9 Å². The Hall–Kier alpha value is -1.73. The number of nitrogens with two attached hydrogens (primary N) is 1. The van der Waals surface area contributed by atoms with Gasteiger partial charge in [-0.1, -0.05) is 13.3 Å². The van der Waals surface area contributed by atoms with Crippen molar-refractivity contribution in [2.24, 2.45) is 5.73 Å². The predicted octanol–water partition coefficient (Wildman–Crippen LogP) is 3.05. The predicted molar refractivity (Wildman–Crippen MR) is 82.4 cm³/mol. The van der Waals surface area contributed by atoms with E-state index in [4.69, 9.17) is 5.73 Å². The van der Waals surface area contributed by atoms with Crippen LogP contribution in [0.4, 0.5) is 11.4 Å². The summed E-state index contributed by atoms with van der Waals surface area (Å²) in [5.41, 5.74) is 7.07. The Balaban J connectivity index is 2.43. The second kappa shape index (κ2) is 6.15. The molecule has 0 aliphatic rings. The van der Waals surface area contributed by atoms with Crippen LogP contribution in [0.5, 0.6) is 0 Å². The van der Waals surface area contributed by atoms with E-state index < -0.39 is 0 Å². The maximum absolute atomic E-state index is 11.2. The highest BCUT2D eigenvalue weighted by Crippen LogP contribution is 2.33. The summed E-state index contributed by atoms with van der Waals surface area (Å²) in [6.45, 7) is 4.40. The summed E-state index contributed by atoms with van der Waals surface area (Å²) in [5.74, 6) is 0. The van der Waals surface area contributed by atoms with Crippen molar-refractivity contribution in [2.45, 2.75) is 32.7 Å². The van der Waals surface area contributed by atoms with Crippen LogP contribution < -0.4 is 11.1 Å². The molecular formula is C13H18N4O2S. The number of aromatic nitrogens is 1. The minimum atomic E-state index is -0.365. The number of nitro benzene ring substituents is 1. The van der Waals surface area contributed by atoms with Gasteiger partial charge in [-0.2, -0.15) is 0 Å². The lowest BCUT2D eigenvalue weighted by molar-refractivity contribution is -0.383. The Bertz CT molecular complexity index is 626. The zero-order valence-corrected chi connectivity index (χ0v) is 12.4. The molecule has 3 N–H and O–H groups in total. The molecule has 1 atom stereocenters. The van der Waals surface area contributed by atoms with E-state index in [2.05, 4.69) is 17.2 Å². The molecule has 1 heterocycles. The van der Waals surface area contributed by atoms with Gasteiger partial charge in [0.05, 0.1) is 20.1 Å². The maximum atomic E-state index is 11.2. The Morgan fingerprint density at radius 1 is 1.55 bits per heavy atom. The van der Waals surface area contributed by atoms with Gasteiger partial charge in [-0.15, -0.1) is 11.3 Å². The monoisotopic (exact) mass is 294 g/mol. The van der Waals surface area contributed by atoms with Gasteiger partial charge in [-0.3, -0.25) is 10.1 Å². The summed E-state index contributed by atoms with van der Waals surface area (Å²) in [6, 6.07) is 3.37. The lowest BCUT2D eigenvalue weighted by Gasteiger charge is -2.17. The standard InChI is InChI=1S/C13H18N4O2S/c1-3-4-9(7-14)16-10-5-11-13(20-8(2)15-11)6-12(10)17(18)19/h5-6,9,16H,3-4,7,14H2,1-2H3. The molecule has 2 rings (SSSR count). The minimum absolute atomic E-state index is 0.0379. The molecule has 108 valence electrons. The lowest BCUT2D eigenvalue weighted by Crippen LogP contribution is -2.28. The van der Waals surface area contributed by atoms with E-state index in [1.807, 2.05) is 6.92 Å². The summed E-state index contributed by atoms with van der Waals surface area (Å²) in [5, 5.41) is 15.3. The first-order chi connectivity index (χ1) is 9.55. The van der Waals surface area contributed by atoms with E-state index in [9.17, 15) is 10.1 Å². The van der Waals surface area contributed by atoms with Crippen LogP contribution >= 0.6 is 11.3 Å². The fraction of sp³-hybridized carbons (Fsp3) is 0.462. The van der Waals surface area contributed by atoms with Crippen molar-refractivity contribution in [1.29, 1.82) is 0 Å². The fourth-order valence-electron chi connectivity index (χ4n) is 2.16. The van der Waals surface area contributed by atoms with E-state index in [-0.39, 0.29) is 16.7 Å². The molecule has 7 heteroatoms. The molecule has 0 saturated heterocycles. The van der Waals surface area contributed by atoms with Crippen LogP contribution in [-0.4, -0.2) is 22.5 Å². The molecule has 1 aromatic carbocycles. The number of aryl methyl sites for hydroxylation is 1. The van der Waals surface area contributed by atoms with Gasteiger partial charge >= 0.3 is 0 Å². The van der Waals surface area contributed by atoms with Crippen LogP contribution in [0.2, 0.25) is 0 Å². The van der Waals surface area contributed by atoms with E-state index in [1.165, 1.54) is 11.3 Å². The van der Waals surface area contributed by atoms with Crippen molar-refractivity contribution in [2.75, 3.05) is 11.9 Å². The molecule has 0 radical (unpaired) electrons. The number of anilines is 1. The molecule has 0 aliphatic carbocycles. The van der Waals surface area contributed by atoms with Gasteiger partial charge in [0.1, 0.15) is 5.69 Å². The summed E-state index contributed by atoms with van der Waals surface area (Å²) in [7, 11) is 0. The van der Waals surface area contributed by atoms with Crippen LogP contribution in [0.15, 0.2) is 12.1 Å². The molecule has 6 nitrogen and oxygen atoms in total. The van der Waals surface area contributed by atoms with E-state index in [0.717, 1.165) is 28.1 Å². The number of nitro groups is 1. The summed E-state index contributed by atoms with van der Waals surface area (Å²) in [6.07, 6.45) is 1.85. The van der Waals surface area contributed by atoms with Crippen molar-refractivity contribution in [1.82, 2.24) is 4.98 Å². The number of nitrogens with zero attached hydrogens (tertiary/aromatic N) is 2. The van der Waals surface area contributed by atoms with E-state index >= 15 is 0 Å². The highest BCUT2D eigenvalue weighted by atomic mass is 32.1. The Labute approximate surface area is 121 Å². The summed E-state index contributed by atoms with van der Waals surface area (Å²) in [4.78, 5) is 15.2. The quantitative estimate of drug-likeness (QED) is 0.630.